The maximum atomic E-state index is 13.3. The first-order valence-electron chi connectivity index (χ1n) is 17.8. The quantitative estimate of drug-likeness (QED) is 0.122. The number of amides is 2. The van der Waals surface area contributed by atoms with E-state index in [2.05, 4.69) is 62.6 Å². The highest BCUT2D eigenvalue weighted by atomic mass is 16.5. The molecule has 1 aliphatic heterocycles. The van der Waals surface area contributed by atoms with Crippen LogP contribution in [0.5, 0.6) is 5.88 Å². The van der Waals surface area contributed by atoms with Crippen molar-refractivity contribution in [3.05, 3.63) is 78.8 Å². The van der Waals surface area contributed by atoms with Crippen LogP contribution in [-0.2, 0) is 14.3 Å². The number of benzene rings is 2. The van der Waals surface area contributed by atoms with Gasteiger partial charge >= 0.3 is 0 Å². The number of ether oxygens (including phenoxy) is 2. The number of carbonyl (C=O) groups is 2. The van der Waals surface area contributed by atoms with Gasteiger partial charge < -0.3 is 19.7 Å². The molecule has 6 rings (SSSR count). The van der Waals surface area contributed by atoms with E-state index >= 15 is 0 Å². The number of methoxy groups -OCH3 is 1. The molecule has 0 bridgehead atoms. The van der Waals surface area contributed by atoms with Crippen LogP contribution in [0.1, 0.15) is 58.6 Å². The van der Waals surface area contributed by atoms with Crippen LogP contribution in [0.4, 0.5) is 5.69 Å². The van der Waals surface area contributed by atoms with Crippen molar-refractivity contribution in [1.29, 1.82) is 0 Å². The van der Waals surface area contributed by atoms with Gasteiger partial charge in [-0.25, -0.2) is 14.6 Å². The van der Waals surface area contributed by atoms with Crippen molar-refractivity contribution in [2.24, 2.45) is 0 Å². The maximum absolute atomic E-state index is 13.3. The van der Waals surface area contributed by atoms with E-state index in [1.54, 1.807) is 19.6 Å². The Bertz CT molecular complexity index is 2000. The minimum atomic E-state index is -0.104. The summed E-state index contributed by atoms with van der Waals surface area (Å²) in [5.41, 5.74) is 6.47. The van der Waals surface area contributed by atoms with Crippen molar-refractivity contribution in [2.75, 3.05) is 45.3 Å². The molecule has 1 aliphatic rings. The molecule has 0 spiro atoms. The number of pyridine rings is 1. The van der Waals surface area contributed by atoms with Crippen LogP contribution in [0.25, 0.3) is 39.1 Å². The first-order valence-corrected chi connectivity index (χ1v) is 17.8. The number of hydrogen-bond acceptors (Lipinski definition) is 9. The van der Waals surface area contributed by atoms with Crippen LogP contribution in [0.2, 0.25) is 0 Å². The molecule has 272 valence electrons. The molecule has 0 fully saturated rings. The zero-order chi connectivity index (χ0) is 36.6. The number of anilines is 1. The minimum Gasteiger partial charge on any atom is -0.475 e. The molecule has 13 nitrogen and oxygen atoms in total. The van der Waals surface area contributed by atoms with Gasteiger partial charge in [-0.05, 0) is 75.9 Å². The summed E-state index contributed by atoms with van der Waals surface area (Å²) >= 11 is 0. The molecular weight excluding hydrogens is 658 g/mol. The number of rotatable bonds is 15. The number of aromatic nitrogens is 6. The van der Waals surface area contributed by atoms with Crippen LogP contribution in [0.15, 0.2) is 73.2 Å². The molecule has 52 heavy (non-hydrogen) atoms. The first kappa shape index (κ1) is 36.4. The van der Waals surface area contributed by atoms with E-state index < -0.39 is 0 Å². The maximum Gasteiger partial charge on any atom is 0.237 e. The molecule has 5 aromatic rings. The van der Waals surface area contributed by atoms with Crippen molar-refractivity contribution in [3.63, 3.8) is 0 Å². The van der Waals surface area contributed by atoms with E-state index in [-0.39, 0.29) is 30.5 Å². The van der Waals surface area contributed by atoms with Gasteiger partial charge in [-0.15, -0.1) is 0 Å². The molecule has 0 atom stereocenters. The smallest absolute Gasteiger partial charge is 0.237 e. The van der Waals surface area contributed by atoms with Crippen molar-refractivity contribution in [1.82, 2.24) is 39.7 Å². The number of nitrogens with one attached hydrogen (secondary N) is 2. The van der Waals surface area contributed by atoms with Crippen molar-refractivity contribution >= 4 is 34.0 Å². The molecule has 2 aromatic carbocycles. The van der Waals surface area contributed by atoms with Gasteiger partial charge in [-0.3, -0.25) is 19.6 Å². The van der Waals surface area contributed by atoms with Gasteiger partial charge in [-0.2, -0.15) is 10.2 Å². The molecule has 13 heteroatoms. The van der Waals surface area contributed by atoms with E-state index in [1.165, 1.54) is 5.57 Å². The SMILES string of the molecule is COCN(CCCC(=O)Nc1ccc2[nH]nc(-c3ccc(OC(C)C)nc3)c2c1)CC(=O)N1CC=C(c2ccc(-c3ncn(C(C)C)n3)cc2)CC1. The third-order valence-electron chi connectivity index (χ3n) is 8.87. The Kier molecular flexibility index (Phi) is 11.7. The van der Waals surface area contributed by atoms with Crippen LogP contribution in [-0.4, -0.2) is 97.7 Å². The number of fused-ring (bicyclic) bond motifs is 1. The Labute approximate surface area is 304 Å². The summed E-state index contributed by atoms with van der Waals surface area (Å²) in [7, 11) is 1.61. The second-order valence-corrected chi connectivity index (χ2v) is 13.5. The largest absolute Gasteiger partial charge is 0.475 e. The molecule has 0 aliphatic carbocycles. The van der Waals surface area contributed by atoms with E-state index in [1.807, 2.05) is 70.8 Å². The van der Waals surface area contributed by atoms with Gasteiger partial charge in [0.05, 0.1) is 24.9 Å². The predicted molar refractivity (Wildman–Crippen MR) is 201 cm³/mol. The summed E-state index contributed by atoms with van der Waals surface area (Å²) in [5, 5.41) is 16.0. The summed E-state index contributed by atoms with van der Waals surface area (Å²) in [6.45, 7) is 10.3. The molecule has 4 heterocycles. The van der Waals surface area contributed by atoms with Crippen LogP contribution >= 0.6 is 0 Å². The monoisotopic (exact) mass is 705 g/mol. The highest BCUT2D eigenvalue weighted by Gasteiger charge is 2.21. The average molecular weight is 706 g/mol. The number of nitrogens with zero attached hydrogens (tertiary/aromatic N) is 7. The van der Waals surface area contributed by atoms with Gasteiger partial charge in [0.2, 0.25) is 17.7 Å². The lowest BCUT2D eigenvalue weighted by atomic mass is 9.98. The van der Waals surface area contributed by atoms with Gasteiger partial charge in [0.1, 0.15) is 12.0 Å². The van der Waals surface area contributed by atoms with E-state index in [0.29, 0.717) is 56.6 Å². The van der Waals surface area contributed by atoms with E-state index in [0.717, 1.165) is 39.7 Å². The number of aromatic amines is 1. The Morgan fingerprint density at radius 1 is 1.00 bits per heavy atom. The summed E-state index contributed by atoms with van der Waals surface area (Å²) in [4.78, 5) is 38.9. The van der Waals surface area contributed by atoms with Crippen LogP contribution < -0.4 is 10.1 Å². The molecule has 2 N–H and O–H groups in total. The highest BCUT2D eigenvalue weighted by molar-refractivity contribution is 5.98. The van der Waals surface area contributed by atoms with Crippen LogP contribution in [0, 0.1) is 0 Å². The topological polar surface area (TPSA) is 143 Å². The van der Waals surface area contributed by atoms with Crippen molar-refractivity contribution in [2.45, 2.75) is 59.1 Å². The third-order valence-corrected chi connectivity index (χ3v) is 8.87. The summed E-state index contributed by atoms with van der Waals surface area (Å²) in [6, 6.07) is 18.0. The second kappa shape index (κ2) is 16.7. The lowest BCUT2D eigenvalue weighted by molar-refractivity contribution is -0.133. The molecule has 2 amide bonds. The van der Waals surface area contributed by atoms with Crippen molar-refractivity contribution in [3.8, 4) is 28.5 Å². The van der Waals surface area contributed by atoms with Gasteiger partial charge in [0.15, 0.2) is 5.82 Å². The molecule has 0 saturated carbocycles. The molecular formula is C39H47N9O4. The fourth-order valence-corrected chi connectivity index (χ4v) is 6.14. The number of H-pyrrole nitrogens is 1. The fourth-order valence-electron chi connectivity index (χ4n) is 6.14. The zero-order valence-electron chi connectivity index (χ0n) is 30.5. The minimum absolute atomic E-state index is 0.0370. The zero-order valence-corrected chi connectivity index (χ0v) is 30.5. The summed E-state index contributed by atoms with van der Waals surface area (Å²) < 4.78 is 12.9. The lowest BCUT2D eigenvalue weighted by Crippen LogP contribution is -2.43. The van der Waals surface area contributed by atoms with Gasteiger partial charge in [0.25, 0.3) is 0 Å². The summed E-state index contributed by atoms with van der Waals surface area (Å²) in [5.74, 6) is 1.21. The Morgan fingerprint density at radius 2 is 1.79 bits per heavy atom. The third kappa shape index (κ3) is 9.09. The van der Waals surface area contributed by atoms with Gasteiger partial charge in [0, 0.05) is 73.7 Å². The average Bonchev–Trinajstić information content (AvgIpc) is 3.80. The van der Waals surface area contributed by atoms with Crippen molar-refractivity contribution < 1.29 is 19.1 Å². The normalized spacial score (nSPS) is 13.3. The predicted octanol–water partition coefficient (Wildman–Crippen LogP) is 6.19. The highest BCUT2D eigenvalue weighted by Crippen LogP contribution is 2.29. The Hall–Kier alpha value is -5.40. The first-order chi connectivity index (χ1) is 25.2. The van der Waals surface area contributed by atoms with Crippen LogP contribution in [0.3, 0.4) is 0 Å². The fraction of sp³-hybridized carbons (Fsp3) is 0.385. The Morgan fingerprint density at radius 3 is 2.46 bits per heavy atom. The number of hydrogen-bond donors (Lipinski definition) is 2. The molecule has 0 unspecified atom stereocenters. The molecule has 0 saturated heterocycles. The number of carbonyl (C=O) groups excluding carboxylic acids is 2. The summed E-state index contributed by atoms with van der Waals surface area (Å²) in [6.07, 6.45) is 7.32. The van der Waals surface area contributed by atoms with Gasteiger partial charge in [-0.1, -0.05) is 30.3 Å². The Balaban J connectivity index is 0.975. The molecule has 3 aromatic heterocycles. The molecule has 0 radical (unpaired) electrons. The lowest BCUT2D eigenvalue weighted by Gasteiger charge is -2.29. The standard InChI is InChI=1S/C39H47N9O4/c1-26(2)48-24-41-39(45-48)30-10-8-28(9-11-30)29-16-19-47(20-17-29)37(50)23-46(25-51-5)18-6-7-35(49)42-32-13-14-34-33(21-32)38(44-43-34)31-12-15-36(40-22-31)52-27(3)4/h8-16,21-22,24,26-27H,6-7,17-20,23,25H2,1-5H3,(H,42,49)(H,43,44). The van der Waals surface area contributed by atoms with E-state index in [4.69, 9.17) is 9.47 Å². The second-order valence-electron chi connectivity index (χ2n) is 13.5. The van der Waals surface area contributed by atoms with E-state index in [9.17, 15) is 9.59 Å².